The summed E-state index contributed by atoms with van der Waals surface area (Å²) in [6, 6.07) is 7.48. The number of hydrogen-bond acceptors (Lipinski definition) is 3. The van der Waals surface area contributed by atoms with Gasteiger partial charge < -0.3 is 15.1 Å². The van der Waals surface area contributed by atoms with Crippen molar-refractivity contribution in [1.82, 2.24) is 15.1 Å². The minimum atomic E-state index is 0.0486. The molecule has 2 fully saturated rings. The second-order valence-corrected chi connectivity index (χ2v) is 7.92. The van der Waals surface area contributed by atoms with Crippen LogP contribution in [0.15, 0.2) is 24.3 Å². The van der Waals surface area contributed by atoms with E-state index >= 15 is 0 Å². The summed E-state index contributed by atoms with van der Waals surface area (Å²) in [6.07, 6.45) is 3.12. The predicted octanol–water partition coefficient (Wildman–Crippen LogP) is 2.33. The van der Waals surface area contributed by atoms with Gasteiger partial charge in [0, 0.05) is 37.1 Å². The Morgan fingerprint density at radius 2 is 2.12 bits per heavy atom. The van der Waals surface area contributed by atoms with Crippen LogP contribution in [0.25, 0.3) is 0 Å². The molecule has 2 unspecified atom stereocenters. The van der Waals surface area contributed by atoms with Crippen molar-refractivity contribution in [2.45, 2.75) is 38.6 Å². The van der Waals surface area contributed by atoms with Gasteiger partial charge in [0.1, 0.15) is 0 Å². The predicted molar refractivity (Wildman–Crippen MR) is 103 cm³/mol. The molecule has 1 N–H and O–H groups in total. The minimum absolute atomic E-state index is 0.0486. The topological polar surface area (TPSA) is 52.7 Å². The van der Waals surface area contributed by atoms with Crippen LogP contribution in [0.1, 0.15) is 31.7 Å². The van der Waals surface area contributed by atoms with Gasteiger partial charge in [-0.15, -0.1) is 0 Å². The van der Waals surface area contributed by atoms with Crippen molar-refractivity contribution in [2.24, 2.45) is 5.92 Å². The highest BCUT2D eigenvalue weighted by molar-refractivity contribution is 6.30. The molecule has 2 atom stereocenters. The number of amides is 2. The first-order valence-corrected chi connectivity index (χ1v) is 9.93. The van der Waals surface area contributed by atoms with Gasteiger partial charge in [-0.25, -0.2) is 0 Å². The van der Waals surface area contributed by atoms with Crippen molar-refractivity contribution in [3.63, 3.8) is 0 Å². The monoisotopic (exact) mass is 377 g/mol. The molecule has 2 saturated heterocycles. The summed E-state index contributed by atoms with van der Waals surface area (Å²) in [6.45, 7) is 6.00. The number of benzene rings is 1. The van der Waals surface area contributed by atoms with Crippen LogP contribution in [-0.4, -0.2) is 60.4 Å². The third-order valence-corrected chi connectivity index (χ3v) is 5.71. The van der Waals surface area contributed by atoms with E-state index in [2.05, 4.69) is 5.32 Å². The number of carbonyl (C=O) groups is 2. The maximum Gasteiger partial charge on any atom is 0.227 e. The molecule has 0 spiro atoms. The Kier molecular flexibility index (Phi) is 6.54. The summed E-state index contributed by atoms with van der Waals surface area (Å²) in [5.74, 6) is 0.964. The lowest BCUT2D eigenvalue weighted by molar-refractivity contribution is -0.142. The normalized spacial score (nSPS) is 23.3. The van der Waals surface area contributed by atoms with Crippen LogP contribution in [0.4, 0.5) is 0 Å². The lowest BCUT2D eigenvalue weighted by atomic mass is 10.0. The zero-order valence-electron chi connectivity index (χ0n) is 15.4. The van der Waals surface area contributed by atoms with E-state index in [1.54, 1.807) is 0 Å². The Hall–Kier alpha value is -1.59. The molecule has 0 saturated carbocycles. The molecule has 2 aliphatic heterocycles. The van der Waals surface area contributed by atoms with Crippen molar-refractivity contribution in [3.05, 3.63) is 34.9 Å². The molecule has 2 amide bonds. The van der Waals surface area contributed by atoms with Gasteiger partial charge in [0.05, 0.1) is 6.42 Å². The third-order valence-electron chi connectivity index (χ3n) is 5.47. The Bertz CT molecular complexity index is 646. The van der Waals surface area contributed by atoms with Crippen LogP contribution in [-0.2, 0) is 16.0 Å². The molecular formula is C20H28ClN3O2. The van der Waals surface area contributed by atoms with Crippen molar-refractivity contribution in [2.75, 3.05) is 32.7 Å². The smallest absolute Gasteiger partial charge is 0.227 e. The molecule has 2 aliphatic rings. The van der Waals surface area contributed by atoms with Crippen LogP contribution < -0.4 is 5.32 Å². The number of carbonyl (C=O) groups excluding carboxylic acids is 2. The zero-order valence-corrected chi connectivity index (χ0v) is 16.2. The fourth-order valence-electron chi connectivity index (χ4n) is 3.92. The van der Waals surface area contributed by atoms with Crippen molar-refractivity contribution in [1.29, 1.82) is 0 Å². The molecule has 5 nitrogen and oxygen atoms in total. The number of hydrogen-bond donors (Lipinski definition) is 1. The molecule has 0 aliphatic carbocycles. The Morgan fingerprint density at radius 1 is 1.27 bits per heavy atom. The standard InChI is InChI=1S/C20H28ClN3O2/c1-15-14-23(19(25)6-5-16-7-8-22-13-16)9-10-24(15)20(26)12-17-3-2-4-18(21)11-17/h2-4,11,15-16,22H,5-10,12-14H2,1H3. The molecule has 1 aromatic rings. The highest BCUT2D eigenvalue weighted by atomic mass is 35.5. The van der Waals surface area contributed by atoms with Gasteiger partial charge in [-0.3, -0.25) is 9.59 Å². The second kappa shape index (κ2) is 8.87. The van der Waals surface area contributed by atoms with E-state index in [-0.39, 0.29) is 17.9 Å². The zero-order chi connectivity index (χ0) is 18.5. The Morgan fingerprint density at radius 3 is 2.81 bits per heavy atom. The van der Waals surface area contributed by atoms with E-state index in [4.69, 9.17) is 11.6 Å². The maximum absolute atomic E-state index is 12.6. The van der Waals surface area contributed by atoms with E-state index in [0.29, 0.717) is 43.4 Å². The number of piperazine rings is 1. The largest absolute Gasteiger partial charge is 0.339 e. The molecule has 1 aromatic carbocycles. The number of halogens is 1. The highest BCUT2D eigenvalue weighted by Gasteiger charge is 2.29. The Balaban J connectivity index is 1.47. The van der Waals surface area contributed by atoms with Gasteiger partial charge in [-0.2, -0.15) is 0 Å². The first-order valence-electron chi connectivity index (χ1n) is 9.55. The van der Waals surface area contributed by atoms with Crippen LogP contribution in [0.2, 0.25) is 5.02 Å². The summed E-state index contributed by atoms with van der Waals surface area (Å²) >= 11 is 6.00. The van der Waals surface area contributed by atoms with E-state index < -0.39 is 0 Å². The molecule has 6 heteroatoms. The summed E-state index contributed by atoms with van der Waals surface area (Å²) in [5, 5.41) is 4.00. The lowest BCUT2D eigenvalue weighted by Crippen LogP contribution is -2.55. The van der Waals surface area contributed by atoms with Crippen molar-refractivity contribution < 1.29 is 9.59 Å². The summed E-state index contributed by atoms with van der Waals surface area (Å²) < 4.78 is 0. The maximum atomic E-state index is 12.6. The summed E-state index contributed by atoms with van der Waals surface area (Å²) in [5.41, 5.74) is 0.929. The average Bonchev–Trinajstić information content (AvgIpc) is 3.13. The molecule has 3 rings (SSSR count). The first-order chi connectivity index (χ1) is 12.5. The fraction of sp³-hybridized carbons (Fsp3) is 0.600. The van der Waals surface area contributed by atoms with E-state index in [0.717, 1.165) is 25.1 Å². The van der Waals surface area contributed by atoms with Crippen LogP contribution in [0.5, 0.6) is 0 Å². The average molecular weight is 378 g/mol. The van der Waals surface area contributed by atoms with Gasteiger partial charge in [-0.1, -0.05) is 23.7 Å². The second-order valence-electron chi connectivity index (χ2n) is 7.48. The van der Waals surface area contributed by atoms with Crippen molar-refractivity contribution >= 4 is 23.4 Å². The summed E-state index contributed by atoms with van der Waals surface area (Å²) in [4.78, 5) is 29.0. The van der Waals surface area contributed by atoms with Crippen molar-refractivity contribution in [3.8, 4) is 0 Å². The van der Waals surface area contributed by atoms with Crippen LogP contribution >= 0.6 is 11.6 Å². The lowest BCUT2D eigenvalue weighted by Gasteiger charge is -2.40. The van der Waals surface area contributed by atoms with Gasteiger partial charge in [0.15, 0.2) is 0 Å². The number of nitrogens with one attached hydrogen (secondary N) is 1. The quantitative estimate of drug-likeness (QED) is 0.856. The first kappa shape index (κ1) is 19.2. The van der Waals surface area contributed by atoms with E-state index in [1.807, 2.05) is 41.0 Å². The molecular weight excluding hydrogens is 350 g/mol. The van der Waals surface area contributed by atoms with Gasteiger partial charge in [0.2, 0.25) is 11.8 Å². The third kappa shape index (κ3) is 4.98. The molecule has 0 bridgehead atoms. The SMILES string of the molecule is CC1CN(C(=O)CCC2CCNC2)CCN1C(=O)Cc1cccc(Cl)c1. The van der Waals surface area contributed by atoms with Gasteiger partial charge >= 0.3 is 0 Å². The molecule has 0 radical (unpaired) electrons. The molecule has 0 aromatic heterocycles. The molecule has 2 heterocycles. The fourth-order valence-corrected chi connectivity index (χ4v) is 4.14. The highest BCUT2D eigenvalue weighted by Crippen LogP contribution is 2.18. The summed E-state index contributed by atoms with van der Waals surface area (Å²) in [7, 11) is 0. The Labute approximate surface area is 160 Å². The van der Waals surface area contributed by atoms with E-state index in [9.17, 15) is 9.59 Å². The molecule has 142 valence electrons. The van der Waals surface area contributed by atoms with Gasteiger partial charge in [-0.05, 0) is 56.5 Å². The number of rotatable bonds is 5. The van der Waals surface area contributed by atoms with Gasteiger partial charge in [0.25, 0.3) is 0 Å². The molecule has 26 heavy (non-hydrogen) atoms. The van der Waals surface area contributed by atoms with E-state index in [1.165, 1.54) is 6.42 Å². The number of nitrogens with zero attached hydrogens (tertiary/aromatic N) is 2. The van der Waals surface area contributed by atoms with Crippen LogP contribution in [0, 0.1) is 5.92 Å². The minimum Gasteiger partial charge on any atom is -0.339 e. The van der Waals surface area contributed by atoms with Crippen LogP contribution in [0.3, 0.4) is 0 Å².